The largest absolute Gasteiger partial charge is 0.299 e. The second-order valence-corrected chi connectivity index (χ2v) is 5.96. The fraction of sp³-hybridized carbons (Fsp3) is 0.692. The van der Waals surface area contributed by atoms with E-state index in [2.05, 4.69) is 29.2 Å². The number of Topliss-reactive ketones (excluding diaryl/α,β-unsaturated/α-hetero) is 2. The van der Waals surface area contributed by atoms with Gasteiger partial charge in [0.2, 0.25) is 0 Å². The highest BCUT2D eigenvalue weighted by atomic mass is 127. The van der Waals surface area contributed by atoms with Gasteiger partial charge in [-0.15, -0.1) is 0 Å². The van der Waals surface area contributed by atoms with Gasteiger partial charge >= 0.3 is 0 Å². The van der Waals surface area contributed by atoms with Gasteiger partial charge in [0, 0.05) is 18.4 Å². The van der Waals surface area contributed by atoms with Crippen molar-refractivity contribution in [2.45, 2.75) is 38.5 Å². The number of alkyl halides is 1. The van der Waals surface area contributed by atoms with Gasteiger partial charge in [-0.3, -0.25) is 9.59 Å². The first kappa shape index (κ1) is 12.3. The summed E-state index contributed by atoms with van der Waals surface area (Å²) in [5, 5.41) is 0. The molecule has 2 fully saturated rings. The van der Waals surface area contributed by atoms with Gasteiger partial charge in [0.25, 0.3) is 0 Å². The summed E-state index contributed by atoms with van der Waals surface area (Å²) < 4.78 is 1.04. The molecular formula is C13H17IO2. The molecule has 2 nitrogen and oxygen atoms in total. The molecule has 0 aromatic heterocycles. The second-order valence-electron chi connectivity index (χ2n) is 4.88. The monoisotopic (exact) mass is 332 g/mol. The maximum Gasteiger partial charge on any atom is 0.159 e. The summed E-state index contributed by atoms with van der Waals surface area (Å²) >= 11 is 2.33. The summed E-state index contributed by atoms with van der Waals surface area (Å²) in [6.07, 6.45) is 5.03. The molecule has 2 saturated carbocycles. The molecule has 0 bridgehead atoms. The van der Waals surface area contributed by atoms with Crippen LogP contribution in [0.15, 0.2) is 12.2 Å². The summed E-state index contributed by atoms with van der Waals surface area (Å²) in [4.78, 5) is 24.0. The summed E-state index contributed by atoms with van der Waals surface area (Å²) in [7, 11) is 0. The average Bonchev–Trinajstić information content (AvgIpc) is 2.52. The first-order chi connectivity index (χ1) is 7.63. The van der Waals surface area contributed by atoms with Crippen molar-refractivity contribution >= 4 is 34.2 Å². The molecule has 0 aromatic carbocycles. The molecule has 0 amide bonds. The van der Waals surface area contributed by atoms with Crippen LogP contribution >= 0.6 is 22.6 Å². The van der Waals surface area contributed by atoms with E-state index in [1.54, 1.807) is 0 Å². The number of allylic oxidation sites excluding steroid dienone is 1. The van der Waals surface area contributed by atoms with E-state index < -0.39 is 5.41 Å². The van der Waals surface area contributed by atoms with Crippen molar-refractivity contribution in [3.05, 3.63) is 12.2 Å². The molecule has 0 aliphatic heterocycles. The third-order valence-electron chi connectivity index (χ3n) is 4.16. The van der Waals surface area contributed by atoms with Crippen LogP contribution in [0.5, 0.6) is 0 Å². The highest BCUT2D eigenvalue weighted by Gasteiger charge is 2.55. The van der Waals surface area contributed by atoms with Crippen molar-refractivity contribution in [2.24, 2.45) is 11.3 Å². The van der Waals surface area contributed by atoms with Gasteiger partial charge in [-0.1, -0.05) is 29.2 Å². The van der Waals surface area contributed by atoms with Gasteiger partial charge in [0.15, 0.2) is 5.78 Å². The Labute approximate surface area is 110 Å². The van der Waals surface area contributed by atoms with Crippen molar-refractivity contribution in [1.29, 1.82) is 0 Å². The number of hydrogen-bond donors (Lipinski definition) is 0. The van der Waals surface area contributed by atoms with E-state index in [9.17, 15) is 9.59 Å². The van der Waals surface area contributed by atoms with Crippen molar-refractivity contribution in [1.82, 2.24) is 0 Å². The molecule has 0 heterocycles. The zero-order valence-corrected chi connectivity index (χ0v) is 11.6. The number of rotatable bonds is 3. The fourth-order valence-corrected chi connectivity index (χ4v) is 3.71. The van der Waals surface area contributed by atoms with Gasteiger partial charge in [0.05, 0.1) is 5.41 Å². The van der Waals surface area contributed by atoms with Crippen LogP contribution in [-0.4, -0.2) is 16.0 Å². The van der Waals surface area contributed by atoms with Crippen LogP contribution in [-0.2, 0) is 9.59 Å². The summed E-state index contributed by atoms with van der Waals surface area (Å²) in [6, 6.07) is 0. The standard InChI is InChI=1S/C13H17IO2/c1-9-11(15)8-10-4-2-5-12(16)13(9,10)6-3-7-14/h10H,1-8H2/t10-,13+/m0/s1. The Morgan fingerprint density at radius 3 is 2.88 bits per heavy atom. The van der Waals surface area contributed by atoms with Crippen molar-refractivity contribution in [3.63, 3.8) is 0 Å². The summed E-state index contributed by atoms with van der Waals surface area (Å²) in [5.41, 5.74) is 0.160. The molecule has 88 valence electrons. The minimum atomic E-state index is -0.458. The Morgan fingerprint density at radius 2 is 2.19 bits per heavy atom. The lowest BCUT2D eigenvalue weighted by atomic mass is 9.63. The van der Waals surface area contributed by atoms with Crippen LogP contribution in [0.25, 0.3) is 0 Å². The van der Waals surface area contributed by atoms with Crippen LogP contribution in [0, 0.1) is 11.3 Å². The number of carbonyl (C=O) groups excluding carboxylic acids is 2. The SMILES string of the molecule is C=C1C(=O)C[C@@H]2CCCC(=O)[C@]12CCCI. The van der Waals surface area contributed by atoms with E-state index in [1.807, 2.05) is 0 Å². The predicted molar refractivity (Wildman–Crippen MR) is 71.7 cm³/mol. The highest BCUT2D eigenvalue weighted by Crippen LogP contribution is 2.54. The average molecular weight is 332 g/mol. The molecule has 0 N–H and O–H groups in total. The van der Waals surface area contributed by atoms with Crippen LogP contribution in [0.4, 0.5) is 0 Å². The van der Waals surface area contributed by atoms with Gasteiger partial charge in [-0.2, -0.15) is 0 Å². The Morgan fingerprint density at radius 1 is 1.44 bits per heavy atom. The normalized spacial score (nSPS) is 34.3. The minimum Gasteiger partial charge on any atom is -0.299 e. The molecule has 0 unspecified atom stereocenters. The van der Waals surface area contributed by atoms with Crippen molar-refractivity contribution < 1.29 is 9.59 Å². The quantitative estimate of drug-likeness (QED) is 0.452. The lowest BCUT2D eigenvalue weighted by Gasteiger charge is -2.38. The molecule has 2 aliphatic carbocycles. The van der Waals surface area contributed by atoms with E-state index in [0.29, 0.717) is 18.4 Å². The van der Waals surface area contributed by atoms with Gasteiger partial charge in [0.1, 0.15) is 5.78 Å². The third kappa shape index (κ3) is 1.67. The highest BCUT2D eigenvalue weighted by molar-refractivity contribution is 14.1. The summed E-state index contributed by atoms with van der Waals surface area (Å²) in [6.45, 7) is 3.92. The first-order valence-corrected chi connectivity index (χ1v) is 7.47. The third-order valence-corrected chi connectivity index (χ3v) is 4.93. The maximum absolute atomic E-state index is 12.2. The Kier molecular flexibility index (Phi) is 3.52. The molecule has 0 saturated heterocycles. The molecular weight excluding hydrogens is 315 g/mol. The minimum absolute atomic E-state index is 0.133. The van der Waals surface area contributed by atoms with Gasteiger partial charge in [-0.25, -0.2) is 0 Å². The van der Waals surface area contributed by atoms with Crippen molar-refractivity contribution in [3.8, 4) is 0 Å². The second kappa shape index (κ2) is 4.59. The van der Waals surface area contributed by atoms with Gasteiger partial charge < -0.3 is 0 Å². The lowest BCUT2D eigenvalue weighted by Crippen LogP contribution is -2.39. The van der Waals surface area contributed by atoms with E-state index in [0.717, 1.165) is 30.1 Å². The Hall–Kier alpha value is -0.190. The molecule has 3 heteroatoms. The number of fused-ring (bicyclic) bond motifs is 1. The molecule has 2 rings (SSSR count). The molecule has 0 radical (unpaired) electrons. The molecule has 0 spiro atoms. The number of halogens is 1. The Balaban J connectivity index is 2.34. The van der Waals surface area contributed by atoms with Crippen LogP contribution in [0.1, 0.15) is 38.5 Å². The lowest BCUT2D eigenvalue weighted by molar-refractivity contribution is -0.131. The zero-order chi connectivity index (χ0) is 11.8. The summed E-state index contributed by atoms with van der Waals surface area (Å²) in [5.74, 6) is 0.676. The molecule has 16 heavy (non-hydrogen) atoms. The Bertz CT molecular complexity index is 348. The molecule has 2 atom stereocenters. The van der Waals surface area contributed by atoms with Crippen LogP contribution in [0.2, 0.25) is 0 Å². The van der Waals surface area contributed by atoms with Gasteiger partial charge in [-0.05, 0) is 36.0 Å². The zero-order valence-electron chi connectivity index (χ0n) is 9.43. The van der Waals surface area contributed by atoms with Crippen LogP contribution < -0.4 is 0 Å². The maximum atomic E-state index is 12.2. The van der Waals surface area contributed by atoms with E-state index in [4.69, 9.17) is 0 Å². The molecule has 2 aliphatic rings. The number of hydrogen-bond acceptors (Lipinski definition) is 2. The van der Waals surface area contributed by atoms with E-state index >= 15 is 0 Å². The number of ketones is 2. The number of carbonyl (C=O) groups is 2. The topological polar surface area (TPSA) is 34.1 Å². The van der Waals surface area contributed by atoms with Crippen LogP contribution in [0.3, 0.4) is 0 Å². The van der Waals surface area contributed by atoms with E-state index in [-0.39, 0.29) is 17.5 Å². The predicted octanol–water partition coefficient (Wildman–Crippen LogP) is 3.09. The van der Waals surface area contributed by atoms with Crippen molar-refractivity contribution in [2.75, 3.05) is 4.43 Å². The molecule has 0 aromatic rings. The first-order valence-electron chi connectivity index (χ1n) is 5.94. The van der Waals surface area contributed by atoms with E-state index in [1.165, 1.54) is 0 Å². The fourth-order valence-electron chi connectivity index (χ4n) is 3.33. The smallest absolute Gasteiger partial charge is 0.159 e.